The van der Waals surface area contributed by atoms with Gasteiger partial charge in [-0.1, -0.05) is 44.2 Å². The number of benzene rings is 2. The summed E-state index contributed by atoms with van der Waals surface area (Å²) in [6.07, 6.45) is 3.23. The number of fused-ring (bicyclic) bond motifs is 8. The standard InChI is InChI=1S/C32H24FN5O2/c1-18(2)21-9-8-12-25-29(21)30-22(32-37-23-10-4-5-11-24(23)38(25)32)15-20(17-35-30)39-27-16-26(19(3)36-31(27)33)40-28-13-6-7-14-34-28/h4-18H,1-3H3. The summed E-state index contributed by atoms with van der Waals surface area (Å²) in [5.41, 5.74) is 6.05. The van der Waals surface area contributed by atoms with E-state index in [0.717, 1.165) is 38.5 Å². The van der Waals surface area contributed by atoms with Crippen molar-refractivity contribution in [2.24, 2.45) is 0 Å². The van der Waals surface area contributed by atoms with Crippen LogP contribution in [-0.2, 0) is 0 Å². The smallest absolute Gasteiger partial charge is 0.256 e. The zero-order chi connectivity index (χ0) is 27.4. The molecule has 0 spiro atoms. The van der Waals surface area contributed by atoms with Crippen LogP contribution in [0.3, 0.4) is 0 Å². The highest BCUT2D eigenvalue weighted by atomic mass is 19.1. The van der Waals surface area contributed by atoms with Gasteiger partial charge in [-0.05, 0) is 48.7 Å². The van der Waals surface area contributed by atoms with E-state index in [2.05, 4.69) is 52.5 Å². The Balaban J connectivity index is 1.42. The van der Waals surface area contributed by atoms with Crippen molar-refractivity contribution in [1.82, 2.24) is 24.3 Å². The van der Waals surface area contributed by atoms with Gasteiger partial charge in [-0.25, -0.2) is 15.0 Å². The van der Waals surface area contributed by atoms with Gasteiger partial charge in [-0.2, -0.15) is 4.39 Å². The number of para-hydroxylation sites is 2. The minimum Gasteiger partial charge on any atom is -0.451 e. The molecule has 0 unspecified atom stereocenters. The number of nitrogens with zero attached hydrogens (tertiary/aromatic N) is 5. The number of pyridine rings is 4. The fourth-order valence-electron chi connectivity index (χ4n) is 5.17. The Morgan fingerprint density at radius 2 is 1.65 bits per heavy atom. The number of hydrogen-bond acceptors (Lipinski definition) is 6. The van der Waals surface area contributed by atoms with Gasteiger partial charge in [0.1, 0.15) is 11.4 Å². The zero-order valence-electron chi connectivity index (χ0n) is 22.1. The van der Waals surface area contributed by atoms with Crippen molar-refractivity contribution < 1.29 is 13.9 Å². The summed E-state index contributed by atoms with van der Waals surface area (Å²) < 4.78 is 29.0. The maximum absolute atomic E-state index is 15.0. The van der Waals surface area contributed by atoms with Crippen molar-refractivity contribution in [3.05, 3.63) is 102 Å². The highest BCUT2D eigenvalue weighted by molar-refractivity contribution is 6.13. The minimum absolute atomic E-state index is 0.0779. The molecule has 0 amide bonds. The summed E-state index contributed by atoms with van der Waals surface area (Å²) in [6.45, 7) is 6.01. The van der Waals surface area contributed by atoms with Gasteiger partial charge in [0.25, 0.3) is 5.95 Å². The molecule has 40 heavy (non-hydrogen) atoms. The third-order valence-electron chi connectivity index (χ3n) is 7.01. The molecule has 0 N–H and O–H groups in total. The SMILES string of the molecule is Cc1nc(F)c(Oc2cnc3c(c2)c2nc4ccccc4n2c2cccc(C(C)C)c32)cc1Oc1ccccn1. The molecule has 0 bridgehead atoms. The predicted molar refractivity (Wildman–Crippen MR) is 153 cm³/mol. The first kappa shape index (κ1) is 24.0. The highest BCUT2D eigenvalue weighted by Crippen LogP contribution is 2.38. The molecule has 7 rings (SSSR count). The van der Waals surface area contributed by atoms with Gasteiger partial charge in [0.05, 0.1) is 34.0 Å². The lowest BCUT2D eigenvalue weighted by Gasteiger charge is -2.15. The molecule has 196 valence electrons. The van der Waals surface area contributed by atoms with E-state index in [0.29, 0.717) is 23.1 Å². The normalized spacial score (nSPS) is 11.7. The molecular weight excluding hydrogens is 505 g/mol. The third-order valence-corrected chi connectivity index (χ3v) is 7.01. The lowest BCUT2D eigenvalue weighted by molar-refractivity contribution is 0.408. The van der Waals surface area contributed by atoms with Crippen LogP contribution in [0.5, 0.6) is 23.1 Å². The van der Waals surface area contributed by atoms with Gasteiger partial charge in [0.15, 0.2) is 11.5 Å². The van der Waals surface area contributed by atoms with E-state index in [1.54, 1.807) is 37.5 Å². The molecule has 0 fully saturated rings. The number of aryl methyl sites for hydroxylation is 1. The second-order valence-electron chi connectivity index (χ2n) is 9.96. The average Bonchev–Trinajstić information content (AvgIpc) is 3.36. The first-order valence-electron chi connectivity index (χ1n) is 13.0. The number of hydrogen-bond donors (Lipinski definition) is 0. The van der Waals surface area contributed by atoms with Crippen molar-refractivity contribution in [3.8, 4) is 23.1 Å². The van der Waals surface area contributed by atoms with Crippen LogP contribution >= 0.6 is 0 Å². The lowest BCUT2D eigenvalue weighted by Crippen LogP contribution is -2.00. The largest absolute Gasteiger partial charge is 0.451 e. The van der Waals surface area contributed by atoms with E-state index in [-0.39, 0.29) is 11.7 Å². The van der Waals surface area contributed by atoms with Gasteiger partial charge in [0.2, 0.25) is 5.88 Å². The molecule has 0 aliphatic rings. The van der Waals surface area contributed by atoms with Crippen molar-refractivity contribution in [2.45, 2.75) is 26.7 Å². The average molecular weight is 530 g/mol. The van der Waals surface area contributed by atoms with Crippen molar-refractivity contribution in [3.63, 3.8) is 0 Å². The van der Waals surface area contributed by atoms with Crippen LogP contribution in [0.1, 0.15) is 31.0 Å². The Bertz CT molecular complexity index is 2070. The van der Waals surface area contributed by atoms with Crippen molar-refractivity contribution in [1.29, 1.82) is 0 Å². The molecule has 2 aromatic carbocycles. The Labute approximate surface area is 228 Å². The van der Waals surface area contributed by atoms with Crippen LogP contribution in [-0.4, -0.2) is 24.3 Å². The molecule has 5 heterocycles. The number of rotatable bonds is 5. The topological polar surface area (TPSA) is 74.4 Å². The third kappa shape index (κ3) is 3.88. The molecule has 0 saturated heterocycles. The van der Waals surface area contributed by atoms with Crippen molar-refractivity contribution >= 4 is 38.5 Å². The fourth-order valence-corrected chi connectivity index (χ4v) is 5.17. The number of imidazole rings is 1. The molecule has 0 radical (unpaired) electrons. The van der Waals surface area contributed by atoms with E-state index in [1.807, 2.05) is 24.3 Å². The van der Waals surface area contributed by atoms with Crippen LogP contribution in [0.4, 0.5) is 4.39 Å². The van der Waals surface area contributed by atoms with Crippen LogP contribution in [0.2, 0.25) is 0 Å². The molecule has 7 nitrogen and oxygen atoms in total. The molecule has 0 aliphatic heterocycles. The molecule has 0 saturated carbocycles. The fraction of sp³-hybridized carbons (Fsp3) is 0.125. The summed E-state index contributed by atoms with van der Waals surface area (Å²) in [7, 11) is 0. The monoisotopic (exact) mass is 529 g/mol. The second-order valence-corrected chi connectivity index (χ2v) is 9.96. The Morgan fingerprint density at radius 1 is 0.825 bits per heavy atom. The maximum atomic E-state index is 15.0. The first-order valence-corrected chi connectivity index (χ1v) is 13.0. The Morgan fingerprint density at radius 3 is 2.48 bits per heavy atom. The van der Waals surface area contributed by atoms with E-state index in [9.17, 15) is 4.39 Å². The van der Waals surface area contributed by atoms with E-state index in [1.165, 1.54) is 11.6 Å². The summed E-state index contributed by atoms with van der Waals surface area (Å²) in [6, 6.07) is 23.0. The molecular formula is C32H24FN5O2. The van der Waals surface area contributed by atoms with E-state index >= 15 is 0 Å². The Kier molecular flexibility index (Phi) is 5.55. The summed E-state index contributed by atoms with van der Waals surface area (Å²) in [4.78, 5) is 18.0. The zero-order valence-corrected chi connectivity index (χ0v) is 22.1. The predicted octanol–water partition coefficient (Wildman–Crippen LogP) is 8.13. The van der Waals surface area contributed by atoms with Gasteiger partial charge in [0, 0.05) is 29.1 Å². The molecule has 8 heteroatoms. The number of halogens is 1. The lowest BCUT2D eigenvalue weighted by atomic mass is 9.96. The summed E-state index contributed by atoms with van der Waals surface area (Å²) >= 11 is 0. The molecule has 7 aromatic rings. The van der Waals surface area contributed by atoms with Crippen LogP contribution in [0, 0.1) is 12.9 Å². The van der Waals surface area contributed by atoms with Crippen LogP contribution < -0.4 is 9.47 Å². The molecule has 0 aliphatic carbocycles. The quantitative estimate of drug-likeness (QED) is 0.166. The highest BCUT2D eigenvalue weighted by Gasteiger charge is 2.19. The minimum atomic E-state index is -0.747. The summed E-state index contributed by atoms with van der Waals surface area (Å²) in [5.74, 6) is 0.532. The van der Waals surface area contributed by atoms with Gasteiger partial charge >= 0.3 is 0 Å². The number of ether oxygens (including phenoxy) is 2. The maximum Gasteiger partial charge on any atom is 0.256 e. The second kappa shape index (κ2) is 9.27. The van der Waals surface area contributed by atoms with E-state index < -0.39 is 5.95 Å². The van der Waals surface area contributed by atoms with Gasteiger partial charge < -0.3 is 9.47 Å². The van der Waals surface area contributed by atoms with Crippen molar-refractivity contribution in [2.75, 3.05) is 0 Å². The van der Waals surface area contributed by atoms with Crippen LogP contribution in [0.25, 0.3) is 38.5 Å². The first-order chi connectivity index (χ1) is 19.5. The van der Waals surface area contributed by atoms with E-state index in [4.69, 9.17) is 19.4 Å². The summed E-state index contributed by atoms with van der Waals surface area (Å²) in [5, 5.41) is 1.86. The van der Waals surface area contributed by atoms with Crippen LogP contribution in [0.15, 0.2) is 85.2 Å². The van der Waals surface area contributed by atoms with Gasteiger partial charge in [-0.15, -0.1) is 0 Å². The van der Waals surface area contributed by atoms with Gasteiger partial charge in [-0.3, -0.25) is 9.38 Å². The Hall–Kier alpha value is -5.11. The molecule has 0 atom stereocenters. The number of aromatic nitrogens is 5. The molecule has 5 aromatic heterocycles.